The monoisotopic (exact) mass is 367 g/mol. The van der Waals surface area contributed by atoms with Gasteiger partial charge >= 0.3 is 0 Å². The summed E-state index contributed by atoms with van der Waals surface area (Å²) in [6, 6.07) is 0.601. The first-order valence-electron chi connectivity index (χ1n) is 12.1. The molecule has 0 radical (unpaired) electrons. The molecule has 0 saturated carbocycles. The van der Waals surface area contributed by atoms with Crippen molar-refractivity contribution in [2.45, 2.75) is 129 Å². The average molecular weight is 368 g/mol. The van der Waals surface area contributed by atoms with E-state index in [4.69, 9.17) is 0 Å². The molecule has 1 aliphatic heterocycles. The highest BCUT2D eigenvalue weighted by atomic mass is 15.2. The zero-order valence-corrected chi connectivity index (χ0v) is 18.1. The molecular formula is C23H49N3. The Hall–Kier alpha value is -0.120. The van der Waals surface area contributed by atoms with Crippen molar-refractivity contribution in [2.24, 2.45) is 0 Å². The van der Waals surface area contributed by atoms with Crippen LogP contribution in [0.15, 0.2) is 0 Å². The Bertz CT molecular complexity index is 277. The van der Waals surface area contributed by atoms with E-state index in [9.17, 15) is 0 Å². The fourth-order valence-corrected chi connectivity index (χ4v) is 4.20. The molecule has 1 atom stereocenters. The van der Waals surface area contributed by atoms with Crippen molar-refractivity contribution < 1.29 is 0 Å². The highest BCUT2D eigenvalue weighted by Crippen LogP contribution is 2.14. The lowest BCUT2D eigenvalue weighted by Crippen LogP contribution is -2.50. The Morgan fingerprint density at radius 3 is 1.50 bits per heavy atom. The van der Waals surface area contributed by atoms with Crippen LogP contribution in [-0.2, 0) is 0 Å². The van der Waals surface area contributed by atoms with Crippen LogP contribution in [0.2, 0.25) is 0 Å². The first-order chi connectivity index (χ1) is 12.9. The summed E-state index contributed by atoms with van der Waals surface area (Å²) in [5, 5.41) is 10.8. The van der Waals surface area contributed by atoms with Crippen molar-refractivity contribution in [2.75, 3.05) is 19.6 Å². The minimum atomic E-state index is 0.488. The molecule has 1 aliphatic rings. The van der Waals surface area contributed by atoms with Crippen LogP contribution in [0, 0.1) is 0 Å². The lowest BCUT2D eigenvalue weighted by atomic mass is 10.0. The van der Waals surface area contributed by atoms with Crippen LogP contribution in [0.25, 0.3) is 0 Å². The van der Waals surface area contributed by atoms with Crippen LogP contribution in [0.4, 0.5) is 0 Å². The smallest absolute Gasteiger partial charge is 0.0730 e. The SMILES string of the molecule is CCCCCCCCCCCCCCCCCC(NCC)C1NCCN1. The fraction of sp³-hybridized carbons (Fsp3) is 1.00. The number of nitrogens with one attached hydrogen (secondary N) is 3. The van der Waals surface area contributed by atoms with E-state index in [1.165, 1.54) is 103 Å². The summed E-state index contributed by atoms with van der Waals surface area (Å²) >= 11 is 0. The maximum absolute atomic E-state index is 3.65. The van der Waals surface area contributed by atoms with Gasteiger partial charge in [-0.15, -0.1) is 0 Å². The molecule has 0 amide bonds. The first-order valence-corrected chi connectivity index (χ1v) is 12.1. The zero-order chi connectivity index (χ0) is 18.7. The zero-order valence-electron chi connectivity index (χ0n) is 18.1. The van der Waals surface area contributed by atoms with E-state index >= 15 is 0 Å². The molecule has 0 aliphatic carbocycles. The van der Waals surface area contributed by atoms with Gasteiger partial charge in [0, 0.05) is 19.1 Å². The summed E-state index contributed by atoms with van der Waals surface area (Å²) < 4.78 is 0. The number of hydrogen-bond acceptors (Lipinski definition) is 3. The van der Waals surface area contributed by atoms with Crippen molar-refractivity contribution >= 4 is 0 Å². The van der Waals surface area contributed by atoms with Gasteiger partial charge < -0.3 is 5.32 Å². The van der Waals surface area contributed by atoms with Gasteiger partial charge in [0.05, 0.1) is 6.17 Å². The Labute approximate surface area is 164 Å². The minimum absolute atomic E-state index is 0.488. The third-order valence-electron chi connectivity index (χ3n) is 5.84. The van der Waals surface area contributed by atoms with E-state index in [1.807, 2.05) is 0 Å². The lowest BCUT2D eigenvalue weighted by molar-refractivity contribution is 0.353. The second-order valence-corrected chi connectivity index (χ2v) is 8.29. The normalized spacial score (nSPS) is 16.4. The predicted octanol–water partition coefficient (Wildman–Crippen LogP) is 5.74. The molecule has 156 valence electrons. The van der Waals surface area contributed by atoms with Crippen molar-refractivity contribution in [3.63, 3.8) is 0 Å². The Morgan fingerprint density at radius 1 is 0.654 bits per heavy atom. The van der Waals surface area contributed by atoms with Gasteiger partial charge in [0.15, 0.2) is 0 Å². The molecule has 1 rings (SSSR count). The molecular weight excluding hydrogens is 318 g/mol. The molecule has 3 N–H and O–H groups in total. The molecule has 1 unspecified atom stereocenters. The maximum Gasteiger partial charge on any atom is 0.0730 e. The van der Waals surface area contributed by atoms with Crippen LogP contribution < -0.4 is 16.0 Å². The largest absolute Gasteiger partial charge is 0.311 e. The average Bonchev–Trinajstić information content (AvgIpc) is 3.18. The van der Waals surface area contributed by atoms with Gasteiger partial charge in [-0.3, -0.25) is 10.6 Å². The molecule has 0 aromatic heterocycles. The Kier molecular flexibility index (Phi) is 16.8. The van der Waals surface area contributed by atoms with Crippen molar-refractivity contribution in [3.05, 3.63) is 0 Å². The quantitative estimate of drug-likeness (QED) is 0.255. The van der Waals surface area contributed by atoms with E-state index in [-0.39, 0.29) is 0 Å². The van der Waals surface area contributed by atoms with E-state index in [1.54, 1.807) is 0 Å². The summed E-state index contributed by atoms with van der Waals surface area (Å²) in [4.78, 5) is 0. The van der Waals surface area contributed by atoms with E-state index in [2.05, 4.69) is 29.8 Å². The fourth-order valence-electron chi connectivity index (χ4n) is 4.20. The third-order valence-corrected chi connectivity index (χ3v) is 5.84. The third kappa shape index (κ3) is 13.1. The number of hydrogen-bond donors (Lipinski definition) is 3. The molecule has 0 spiro atoms. The predicted molar refractivity (Wildman–Crippen MR) is 117 cm³/mol. The van der Waals surface area contributed by atoms with Crippen molar-refractivity contribution in [1.29, 1.82) is 0 Å². The Morgan fingerprint density at radius 2 is 1.08 bits per heavy atom. The van der Waals surface area contributed by atoms with Gasteiger partial charge in [-0.1, -0.05) is 110 Å². The summed E-state index contributed by atoms with van der Waals surface area (Å²) in [6.45, 7) is 7.82. The highest BCUT2D eigenvalue weighted by Gasteiger charge is 2.22. The van der Waals surface area contributed by atoms with Crippen LogP contribution in [-0.4, -0.2) is 31.8 Å². The molecule has 26 heavy (non-hydrogen) atoms. The second kappa shape index (κ2) is 18.3. The topological polar surface area (TPSA) is 36.1 Å². The van der Waals surface area contributed by atoms with Crippen LogP contribution in [0.1, 0.15) is 117 Å². The summed E-state index contributed by atoms with van der Waals surface area (Å²) in [5.41, 5.74) is 0. The van der Waals surface area contributed by atoms with Gasteiger partial charge in [-0.25, -0.2) is 0 Å². The molecule has 3 heteroatoms. The van der Waals surface area contributed by atoms with E-state index in [0.29, 0.717) is 12.2 Å². The maximum atomic E-state index is 3.65. The van der Waals surface area contributed by atoms with E-state index < -0.39 is 0 Å². The van der Waals surface area contributed by atoms with Crippen LogP contribution in [0.5, 0.6) is 0 Å². The lowest BCUT2D eigenvalue weighted by Gasteiger charge is -2.24. The molecule has 0 aromatic rings. The number of rotatable bonds is 19. The van der Waals surface area contributed by atoms with Gasteiger partial charge in [0.2, 0.25) is 0 Å². The minimum Gasteiger partial charge on any atom is -0.311 e. The summed E-state index contributed by atoms with van der Waals surface area (Å²) in [5.74, 6) is 0. The molecule has 1 saturated heterocycles. The molecule has 3 nitrogen and oxygen atoms in total. The molecule has 0 aromatic carbocycles. The standard InChI is InChI=1S/C23H49N3/c1-3-5-6-7-8-9-10-11-12-13-14-15-16-17-18-19-22(24-4-2)23-25-20-21-26-23/h22-26H,3-21H2,1-2H3. The van der Waals surface area contributed by atoms with Gasteiger partial charge in [-0.2, -0.15) is 0 Å². The number of likely N-dealkylation sites (N-methyl/N-ethyl adjacent to an activating group) is 1. The van der Waals surface area contributed by atoms with Gasteiger partial charge in [-0.05, 0) is 13.0 Å². The molecule has 1 fully saturated rings. The second-order valence-electron chi connectivity index (χ2n) is 8.29. The van der Waals surface area contributed by atoms with E-state index in [0.717, 1.165) is 19.6 Å². The van der Waals surface area contributed by atoms with Crippen molar-refractivity contribution in [1.82, 2.24) is 16.0 Å². The van der Waals surface area contributed by atoms with Crippen molar-refractivity contribution in [3.8, 4) is 0 Å². The molecule has 1 heterocycles. The van der Waals surface area contributed by atoms with Crippen LogP contribution in [0.3, 0.4) is 0 Å². The van der Waals surface area contributed by atoms with Gasteiger partial charge in [0.25, 0.3) is 0 Å². The Balaban J connectivity index is 1.80. The molecule has 0 bridgehead atoms. The number of unbranched alkanes of at least 4 members (excludes halogenated alkanes) is 14. The summed E-state index contributed by atoms with van der Waals surface area (Å²) in [7, 11) is 0. The van der Waals surface area contributed by atoms with Gasteiger partial charge in [0.1, 0.15) is 0 Å². The highest BCUT2D eigenvalue weighted by molar-refractivity contribution is 4.84. The first kappa shape index (κ1) is 23.9. The summed E-state index contributed by atoms with van der Waals surface area (Å²) in [6.07, 6.45) is 23.5. The van der Waals surface area contributed by atoms with Crippen LogP contribution >= 0.6 is 0 Å².